The quantitative estimate of drug-likeness (QED) is 0.387. The SMILES string of the molecule is C[C@H](OC(=O)c1cncn1-c1ccc(F)cc1)C(=O)Nc1ccccc1[N+](=O)[O-]. The number of amides is 1. The Bertz CT molecular complexity index is 1060. The molecule has 0 aliphatic rings. The molecule has 9 nitrogen and oxygen atoms in total. The van der Waals surface area contributed by atoms with Crippen LogP contribution in [-0.2, 0) is 9.53 Å². The van der Waals surface area contributed by atoms with Gasteiger partial charge >= 0.3 is 5.97 Å². The molecule has 1 atom stereocenters. The maximum Gasteiger partial charge on any atom is 0.357 e. The molecular formula is C19H15FN4O5. The second-order valence-corrected chi connectivity index (χ2v) is 5.94. The van der Waals surface area contributed by atoms with Crippen molar-refractivity contribution in [1.82, 2.24) is 9.55 Å². The molecule has 0 unspecified atom stereocenters. The van der Waals surface area contributed by atoms with Gasteiger partial charge in [-0.2, -0.15) is 0 Å². The third-order valence-corrected chi connectivity index (χ3v) is 3.96. The largest absolute Gasteiger partial charge is 0.448 e. The van der Waals surface area contributed by atoms with Crippen molar-refractivity contribution < 1.29 is 23.6 Å². The van der Waals surface area contributed by atoms with E-state index in [1.165, 1.54) is 72.5 Å². The molecule has 1 amide bonds. The number of aromatic nitrogens is 2. The number of nitro groups is 1. The van der Waals surface area contributed by atoms with Gasteiger partial charge in [0, 0.05) is 11.8 Å². The third kappa shape index (κ3) is 4.43. The lowest BCUT2D eigenvalue weighted by Crippen LogP contribution is -2.30. The van der Waals surface area contributed by atoms with Crippen molar-refractivity contribution in [3.63, 3.8) is 0 Å². The first-order chi connectivity index (χ1) is 13.9. The molecule has 1 N–H and O–H groups in total. The predicted octanol–water partition coefficient (Wildman–Crippen LogP) is 3.10. The number of nitro benzene ring substituents is 1. The summed E-state index contributed by atoms with van der Waals surface area (Å²) >= 11 is 0. The van der Waals surface area contributed by atoms with Crippen LogP contribution >= 0.6 is 0 Å². The minimum absolute atomic E-state index is 0.0123. The van der Waals surface area contributed by atoms with E-state index in [4.69, 9.17) is 4.74 Å². The van der Waals surface area contributed by atoms with Crippen LogP contribution in [0.5, 0.6) is 0 Å². The van der Waals surface area contributed by atoms with E-state index in [2.05, 4.69) is 10.3 Å². The summed E-state index contributed by atoms with van der Waals surface area (Å²) in [6.45, 7) is 1.33. The number of nitrogens with zero attached hydrogens (tertiary/aromatic N) is 3. The van der Waals surface area contributed by atoms with Gasteiger partial charge in [-0.3, -0.25) is 19.5 Å². The highest BCUT2D eigenvalue weighted by molar-refractivity contribution is 5.98. The summed E-state index contributed by atoms with van der Waals surface area (Å²) in [5, 5.41) is 13.4. The lowest BCUT2D eigenvalue weighted by Gasteiger charge is -2.14. The molecule has 1 aromatic heterocycles. The standard InChI is InChI=1S/C19H15FN4O5/c1-12(18(25)22-15-4-2-3-5-16(15)24(27)28)29-19(26)17-10-21-11-23(17)14-8-6-13(20)7-9-14/h2-12H,1H3,(H,22,25)/t12-/m0/s1. The summed E-state index contributed by atoms with van der Waals surface area (Å²) in [7, 11) is 0. The van der Waals surface area contributed by atoms with E-state index in [1.54, 1.807) is 0 Å². The highest BCUT2D eigenvalue weighted by atomic mass is 19.1. The van der Waals surface area contributed by atoms with Gasteiger partial charge in [-0.1, -0.05) is 12.1 Å². The Morgan fingerprint density at radius 2 is 1.90 bits per heavy atom. The van der Waals surface area contributed by atoms with Gasteiger partial charge in [0.25, 0.3) is 11.6 Å². The Balaban J connectivity index is 1.72. The Kier molecular flexibility index (Phi) is 5.63. The van der Waals surface area contributed by atoms with Crippen LogP contribution in [0.2, 0.25) is 0 Å². The lowest BCUT2D eigenvalue weighted by molar-refractivity contribution is -0.383. The number of esters is 1. The Labute approximate surface area is 163 Å². The minimum Gasteiger partial charge on any atom is -0.448 e. The smallest absolute Gasteiger partial charge is 0.357 e. The van der Waals surface area contributed by atoms with E-state index in [9.17, 15) is 24.1 Å². The van der Waals surface area contributed by atoms with Crippen molar-refractivity contribution in [2.24, 2.45) is 0 Å². The molecule has 0 saturated heterocycles. The highest BCUT2D eigenvalue weighted by Crippen LogP contribution is 2.23. The molecule has 1 heterocycles. The monoisotopic (exact) mass is 398 g/mol. The number of halogens is 1. The number of ether oxygens (including phenoxy) is 1. The number of para-hydroxylation sites is 2. The maximum atomic E-state index is 13.1. The van der Waals surface area contributed by atoms with Crippen LogP contribution in [0.15, 0.2) is 61.1 Å². The van der Waals surface area contributed by atoms with Gasteiger partial charge in [0.15, 0.2) is 11.8 Å². The van der Waals surface area contributed by atoms with Crippen LogP contribution in [0.3, 0.4) is 0 Å². The normalized spacial score (nSPS) is 11.5. The summed E-state index contributed by atoms with van der Waals surface area (Å²) in [6, 6.07) is 11.0. The van der Waals surface area contributed by atoms with Crippen molar-refractivity contribution in [3.8, 4) is 5.69 Å². The van der Waals surface area contributed by atoms with Gasteiger partial charge in [0.1, 0.15) is 11.5 Å². The molecule has 0 saturated carbocycles. The summed E-state index contributed by atoms with van der Waals surface area (Å²) < 4.78 is 19.6. The Hall–Kier alpha value is -4.08. The number of carbonyl (C=O) groups excluding carboxylic acids is 2. The van der Waals surface area contributed by atoms with Gasteiger partial charge in [-0.05, 0) is 37.3 Å². The van der Waals surface area contributed by atoms with Crippen molar-refractivity contribution in [3.05, 3.63) is 82.7 Å². The topological polar surface area (TPSA) is 116 Å². The molecule has 3 rings (SSSR count). The number of anilines is 1. The molecule has 2 aromatic carbocycles. The number of carbonyl (C=O) groups is 2. The molecule has 3 aromatic rings. The number of imidazole rings is 1. The van der Waals surface area contributed by atoms with E-state index in [1.807, 2.05) is 0 Å². The zero-order valence-electron chi connectivity index (χ0n) is 15.1. The zero-order valence-corrected chi connectivity index (χ0v) is 15.1. The average Bonchev–Trinajstić information content (AvgIpc) is 3.18. The second-order valence-electron chi connectivity index (χ2n) is 5.94. The Morgan fingerprint density at radius 3 is 2.59 bits per heavy atom. The van der Waals surface area contributed by atoms with E-state index >= 15 is 0 Å². The number of hydrogen-bond acceptors (Lipinski definition) is 6. The third-order valence-electron chi connectivity index (χ3n) is 3.96. The van der Waals surface area contributed by atoms with Crippen molar-refractivity contribution in [1.29, 1.82) is 0 Å². The molecule has 148 valence electrons. The highest BCUT2D eigenvalue weighted by Gasteiger charge is 2.24. The van der Waals surface area contributed by atoms with Crippen LogP contribution in [-0.4, -0.2) is 32.5 Å². The number of benzene rings is 2. The summed E-state index contributed by atoms with van der Waals surface area (Å²) in [6.07, 6.45) is 1.36. The molecule has 0 aliphatic heterocycles. The van der Waals surface area contributed by atoms with Crippen molar-refractivity contribution in [2.75, 3.05) is 5.32 Å². The fourth-order valence-electron chi connectivity index (χ4n) is 2.50. The fraction of sp³-hybridized carbons (Fsp3) is 0.105. The molecule has 29 heavy (non-hydrogen) atoms. The molecule has 0 bridgehead atoms. The number of rotatable bonds is 6. The summed E-state index contributed by atoms with van der Waals surface area (Å²) in [5.41, 5.74) is 0.213. The first-order valence-electron chi connectivity index (χ1n) is 8.40. The molecule has 0 aliphatic carbocycles. The van der Waals surface area contributed by atoms with Crippen LogP contribution in [0, 0.1) is 15.9 Å². The van der Waals surface area contributed by atoms with Gasteiger partial charge in [0.2, 0.25) is 0 Å². The van der Waals surface area contributed by atoms with E-state index < -0.39 is 28.7 Å². The molecular weight excluding hydrogens is 383 g/mol. The van der Waals surface area contributed by atoms with Gasteiger partial charge in [0.05, 0.1) is 17.4 Å². The Morgan fingerprint density at radius 1 is 1.21 bits per heavy atom. The summed E-state index contributed by atoms with van der Waals surface area (Å²) in [4.78, 5) is 39.1. The molecule has 0 spiro atoms. The number of hydrogen-bond donors (Lipinski definition) is 1. The van der Waals surface area contributed by atoms with Gasteiger partial charge in [-0.25, -0.2) is 14.2 Å². The number of nitrogens with one attached hydrogen (secondary N) is 1. The van der Waals surface area contributed by atoms with Crippen LogP contribution < -0.4 is 5.32 Å². The van der Waals surface area contributed by atoms with E-state index in [-0.39, 0.29) is 17.1 Å². The zero-order chi connectivity index (χ0) is 21.0. The van der Waals surface area contributed by atoms with Crippen molar-refractivity contribution in [2.45, 2.75) is 13.0 Å². The molecule has 0 fully saturated rings. The predicted molar refractivity (Wildman–Crippen MR) is 100 cm³/mol. The molecule has 10 heteroatoms. The minimum atomic E-state index is -1.24. The van der Waals surface area contributed by atoms with Crippen molar-refractivity contribution >= 4 is 23.3 Å². The fourth-order valence-corrected chi connectivity index (χ4v) is 2.50. The lowest BCUT2D eigenvalue weighted by atomic mass is 10.2. The maximum absolute atomic E-state index is 13.1. The van der Waals surface area contributed by atoms with E-state index in [0.29, 0.717) is 5.69 Å². The first-order valence-corrected chi connectivity index (χ1v) is 8.40. The van der Waals surface area contributed by atoms with Gasteiger partial charge in [-0.15, -0.1) is 0 Å². The summed E-state index contributed by atoms with van der Waals surface area (Å²) in [5.74, 6) is -2.00. The van der Waals surface area contributed by atoms with Crippen LogP contribution in [0.25, 0.3) is 5.69 Å². The first kappa shape index (κ1) is 19.7. The molecule has 0 radical (unpaired) electrons. The van der Waals surface area contributed by atoms with Crippen LogP contribution in [0.1, 0.15) is 17.4 Å². The second kappa shape index (κ2) is 8.30. The van der Waals surface area contributed by atoms with Gasteiger partial charge < -0.3 is 10.1 Å². The van der Waals surface area contributed by atoms with Crippen LogP contribution in [0.4, 0.5) is 15.8 Å². The average molecular weight is 398 g/mol. The van der Waals surface area contributed by atoms with E-state index in [0.717, 1.165) is 0 Å².